The number of carbonyl (C=O) groups is 2. The number of amides is 2. The average Bonchev–Trinajstić information content (AvgIpc) is 2.53. The van der Waals surface area contributed by atoms with E-state index in [-0.39, 0.29) is 25.0 Å². The van der Waals surface area contributed by atoms with Crippen molar-refractivity contribution < 1.29 is 19.1 Å². The molecule has 0 saturated heterocycles. The van der Waals surface area contributed by atoms with Crippen LogP contribution in [0.3, 0.4) is 0 Å². The predicted octanol–water partition coefficient (Wildman–Crippen LogP) is 2.32. The molecule has 2 amide bonds. The predicted molar refractivity (Wildman–Crippen MR) is 87.6 cm³/mol. The van der Waals surface area contributed by atoms with E-state index >= 15 is 0 Å². The van der Waals surface area contributed by atoms with Crippen molar-refractivity contribution in [2.45, 2.75) is 39.7 Å². The SMILES string of the molecule is CCC(CO)NC(=O)Cc1ccc(NC(=O)C(F)=C(C)C)cc1. The van der Waals surface area contributed by atoms with Crippen molar-refractivity contribution in [3.63, 3.8) is 0 Å². The standard InChI is InChI=1S/C17H23FN2O3/c1-4-13(10-21)19-15(22)9-12-5-7-14(8-6-12)20-17(23)16(18)11(2)3/h5-8,13,21H,4,9-10H2,1-3H3,(H,19,22)(H,20,23). The van der Waals surface area contributed by atoms with Crippen LogP contribution < -0.4 is 10.6 Å². The highest BCUT2D eigenvalue weighted by Gasteiger charge is 2.12. The number of aliphatic hydroxyl groups is 1. The summed E-state index contributed by atoms with van der Waals surface area (Å²) >= 11 is 0. The van der Waals surface area contributed by atoms with Crippen LogP contribution in [0, 0.1) is 0 Å². The molecule has 1 unspecified atom stereocenters. The van der Waals surface area contributed by atoms with E-state index in [4.69, 9.17) is 5.11 Å². The van der Waals surface area contributed by atoms with Gasteiger partial charge in [0.1, 0.15) is 0 Å². The molecule has 3 N–H and O–H groups in total. The van der Waals surface area contributed by atoms with Gasteiger partial charge in [-0.1, -0.05) is 19.1 Å². The van der Waals surface area contributed by atoms with Crippen molar-refractivity contribution in [3.05, 3.63) is 41.2 Å². The molecule has 1 aromatic rings. The van der Waals surface area contributed by atoms with Crippen LogP contribution in [0.15, 0.2) is 35.7 Å². The first kappa shape index (κ1) is 18.8. The van der Waals surface area contributed by atoms with Gasteiger partial charge in [-0.25, -0.2) is 4.39 Å². The molecule has 1 aromatic carbocycles. The summed E-state index contributed by atoms with van der Waals surface area (Å²) in [4.78, 5) is 23.4. The molecule has 0 aliphatic rings. The highest BCUT2D eigenvalue weighted by Crippen LogP contribution is 2.13. The Morgan fingerprint density at radius 2 is 1.83 bits per heavy atom. The molecule has 0 spiro atoms. The van der Waals surface area contributed by atoms with Crippen LogP contribution in [0.25, 0.3) is 0 Å². The molecule has 0 fully saturated rings. The Balaban J connectivity index is 2.62. The van der Waals surface area contributed by atoms with E-state index in [0.717, 1.165) is 5.56 Å². The highest BCUT2D eigenvalue weighted by atomic mass is 19.1. The van der Waals surface area contributed by atoms with Crippen LogP contribution in [0.4, 0.5) is 10.1 Å². The summed E-state index contributed by atoms with van der Waals surface area (Å²) in [6, 6.07) is 6.36. The number of aliphatic hydroxyl groups excluding tert-OH is 1. The summed E-state index contributed by atoms with van der Waals surface area (Å²) in [6.45, 7) is 4.83. The molecule has 6 heteroatoms. The lowest BCUT2D eigenvalue weighted by Crippen LogP contribution is -2.37. The molecule has 0 heterocycles. The van der Waals surface area contributed by atoms with Crippen molar-refractivity contribution in [2.24, 2.45) is 0 Å². The number of hydrogen-bond acceptors (Lipinski definition) is 3. The molecule has 0 aliphatic heterocycles. The first-order valence-electron chi connectivity index (χ1n) is 7.50. The summed E-state index contributed by atoms with van der Waals surface area (Å²) in [5, 5.41) is 14.2. The van der Waals surface area contributed by atoms with E-state index in [9.17, 15) is 14.0 Å². The second kappa shape index (κ2) is 9.05. The molecule has 0 radical (unpaired) electrons. The minimum absolute atomic E-state index is 0.0941. The maximum atomic E-state index is 13.4. The zero-order valence-corrected chi connectivity index (χ0v) is 13.6. The third-order valence-corrected chi connectivity index (χ3v) is 3.29. The van der Waals surface area contributed by atoms with Crippen molar-refractivity contribution >= 4 is 17.5 Å². The van der Waals surface area contributed by atoms with E-state index in [1.807, 2.05) is 6.92 Å². The summed E-state index contributed by atoms with van der Waals surface area (Å²) in [5.74, 6) is -1.77. The van der Waals surface area contributed by atoms with E-state index in [2.05, 4.69) is 10.6 Å². The number of rotatable bonds is 7. The average molecular weight is 322 g/mol. The Labute approximate surface area is 135 Å². The Morgan fingerprint density at radius 3 is 2.30 bits per heavy atom. The fourth-order valence-corrected chi connectivity index (χ4v) is 1.86. The first-order chi connectivity index (χ1) is 10.9. The third-order valence-electron chi connectivity index (χ3n) is 3.29. The van der Waals surface area contributed by atoms with Gasteiger partial charge < -0.3 is 15.7 Å². The number of allylic oxidation sites excluding steroid dienone is 1. The molecule has 0 saturated carbocycles. The second-order valence-electron chi connectivity index (χ2n) is 5.50. The molecule has 1 rings (SSSR count). The minimum atomic E-state index is -0.803. The lowest BCUT2D eigenvalue weighted by Gasteiger charge is -2.14. The van der Waals surface area contributed by atoms with Gasteiger partial charge in [-0.15, -0.1) is 0 Å². The second-order valence-corrected chi connectivity index (χ2v) is 5.50. The fourth-order valence-electron chi connectivity index (χ4n) is 1.86. The van der Waals surface area contributed by atoms with Gasteiger partial charge in [0.05, 0.1) is 19.1 Å². The number of nitrogens with one attached hydrogen (secondary N) is 2. The Morgan fingerprint density at radius 1 is 1.22 bits per heavy atom. The lowest BCUT2D eigenvalue weighted by molar-refractivity contribution is -0.121. The molecule has 0 aromatic heterocycles. The number of hydrogen-bond donors (Lipinski definition) is 3. The summed E-state index contributed by atoms with van der Waals surface area (Å²) in [7, 11) is 0. The smallest absolute Gasteiger partial charge is 0.284 e. The summed E-state index contributed by atoms with van der Waals surface area (Å²) in [6.07, 6.45) is 0.830. The first-order valence-corrected chi connectivity index (χ1v) is 7.50. The summed E-state index contributed by atoms with van der Waals surface area (Å²) in [5.41, 5.74) is 1.53. The normalized spacial score (nSPS) is 11.5. The van der Waals surface area contributed by atoms with E-state index in [1.54, 1.807) is 24.3 Å². The van der Waals surface area contributed by atoms with Gasteiger partial charge in [0, 0.05) is 5.69 Å². The summed E-state index contributed by atoms with van der Waals surface area (Å²) < 4.78 is 13.4. The van der Waals surface area contributed by atoms with Crippen LogP contribution in [-0.4, -0.2) is 29.6 Å². The Bertz CT molecular complexity index is 574. The maximum absolute atomic E-state index is 13.4. The molecule has 0 aliphatic carbocycles. The van der Waals surface area contributed by atoms with Gasteiger partial charge in [0.15, 0.2) is 5.83 Å². The van der Waals surface area contributed by atoms with Crippen LogP contribution in [0.1, 0.15) is 32.8 Å². The van der Waals surface area contributed by atoms with Gasteiger partial charge in [0.25, 0.3) is 5.91 Å². The topological polar surface area (TPSA) is 78.4 Å². The number of anilines is 1. The zero-order valence-electron chi connectivity index (χ0n) is 13.6. The Kier molecular flexibility index (Phi) is 7.41. The molecule has 1 atom stereocenters. The van der Waals surface area contributed by atoms with Gasteiger partial charge >= 0.3 is 0 Å². The van der Waals surface area contributed by atoms with Crippen LogP contribution >= 0.6 is 0 Å². The van der Waals surface area contributed by atoms with Crippen molar-refractivity contribution in [3.8, 4) is 0 Å². The van der Waals surface area contributed by atoms with Gasteiger partial charge in [-0.2, -0.15) is 0 Å². The maximum Gasteiger partial charge on any atom is 0.284 e. The highest BCUT2D eigenvalue weighted by molar-refractivity contribution is 6.02. The molecule has 5 nitrogen and oxygen atoms in total. The monoisotopic (exact) mass is 322 g/mol. The van der Waals surface area contributed by atoms with Gasteiger partial charge in [-0.3, -0.25) is 9.59 Å². The number of carbonyl (C=O) groups excluding carboxylic acids is 2. The number of halogens is 1. The van der Waals surface area contributed by atoms with Crippen molar-refractivity contribution in [1.29, 1.82) is 0 Å². The van der Waals surface area contributed by atoms with Crippen LogP contribution in [0.2, 0.25) is 0 Å². The molecule has 23 heavy (non-hydrogen) atoms. The zero-order chi connectivity index (χ0) is 17.4. The van der Waals surface area contributed by atoms with E-state index < -0.39 is 11.7 Å². The van der Waals surface area contributed by atoms with E-state index in [0.29, 0.717) is 17.7 Å². The van der Waals surface area contributed by atoms with Crippen LogP contribution in [-0.2, 0) is 16.0 Å². The third kappa shape index (κ3) is 6.20. The van der Waals surface area contributed by atoms with Crippen LogP contribution in [0.5, 0.6) is 0 Å². The molecule has 126 valence electrons. The Hall–Kier alpha value is -2.21. The van der Waals surface area contributed by atoms with Crippen molar-refractivity contribution in [2.75, 3.05) is 11.9 Å². The molecule has 0 bridgehead atoms. The minimum Gasteiger partial charge on any atom is -0.394 e. The molecular formula is C17H23FN2O3. The number of benzene rings is 1. The fraction of sp³-hybridized carbons (Fsp3) is 0.412. The van der Waals surface area contributed by atoms with E-state index in [1.165, 1.54) is 13.8 Å². The lowest BCUT2D eigenvalue weighted by atomic mass is 10.1. The van der Waals surface area contributed by atoms with Gasteiger partial charge in [-0.05, 0) is 43.5 Å². The largest absolute Gasteiger partial charge is 0.394 e. The quantitative estimate of drug-likeness (QED) is 0.674. The molecular weight excluding hydrogens is 299 g/mol. The van der Waals surface area contributed by atoms with Crippen molar-refractivity contribution in [1.82, 2.24) is 5.32 Å². The van der Waals surface area contributed by atoms with Gasteiger partial charge in [0.2, 0.25) is 5.91 Å².